The summed E-state index contributed by atoms with van der Waals surface area (Å²) in [7, 11) is 1.89. The van der Waals surface area contributed by atoms with Crippen LogP contribution in [0.4, 0.5) is 5.69 Å². The molecule has 0 fully saturated rings. The first-order chi connectivity index (χ1) is 13.1. The van der Waals surface area contributed by atoms with Gasteiger partial charge in [0, 0.05) is 24.7 Å². The van der Waals surface area contributed by atoms with E-state index >= 15 is 0 Å². The van der Waals surface area contributed by atoms with Gasteiger partial charge in [0.2, 0.25) is 0 Å². The molecule has 3 rings (SSSR count). The van der Waals surface area contributed by atoms with Gasteiger partial charge in [0.1, 0.15) is 0 Å². The van der Waals surface area contributed by atoms with E-state index in [0.717, 1.165) is 11.3 Å². The van der Waals surface area contributed by atoms with Crippen LogP contribution in [0.1, 0.15) is 16.1 Å². The van der Waals surface area contributed by atoms with E-state index in [1.165, 1.54) is 6.21 Å². The average Bonchev–Trinajstić information content (AvgIpc) is 2.69. The van der Waals surface area contributed by atoms with Crippen molar-refractivity contribution in [2.75, 3.05) is 25.1 Å². The first kappa shape index (κ1) is 18.3. The summed E-state index contributed by atoms with van der Waals surface area (Å²) in [6.07, 6.45) is 1.52. The Morgan fingerprint density at radius 2 is 1.93 bits per heavy atom. The molecule has 0 spiro atoms. The number of nitrogens with one attached hydrogen (secondary N) is 2. The number of H-pyrrole nitrogens is 1. The van der Waals surface area contributed by atoms with Crippen molar-refractivity contribution in [3.8, 4) is 0 Å². The normalized spacial score (nSPS) is 11.0. The quantitative estimate of drug-likeness (QED) is 0.448. The van der Waals surface area contributed by atoms with Crippen LogP contribution < -0.4 is 15.9 Å². The van der Waals surface area contributed by atoms with Gasteiger partial charge in [-0.25, -0.2) is 10.5 Å². The van der Waals surface area contributed by atoms with Crippen LogP contribution in [0.25, 0.3) is 10.8 Å². The molecule has 0 aliphatic rings. The molecule has 138 valence electrons. The number of aliphatic hydroxyl groups is 1. The number of aliphatic hydroxyl groups excluding tert-OH is 1. The van der Waals surface area contributed by atoms with Gasteiger partial charge >= 0.3 is 0 Å². The van der Waals surface area contributed by atoms with Crippen LogP contribution in [0.3, 0.4) is 0 Å². The second kappa shape index (κ2) is 8.24. The number of carbonyl (C=O) groups is 1. The Balaban J connectivity index is 1.71. The lowest BCUT2D eigenvalue weighted by molar-refractivity contribution is 0.0951. The molecule has 1 aromatic heterocycles. The van der Waals surface area contributed by atoms with Crippen molar-refractivity contribution in [1.29, 1.82) is 0 Å². The number of anilines is 1. The first-order valence-corrected chi connectivity index (χ1v) is 8.33. The molecule has 0 unspecified atom stereocenters. The molecule has 3 aromatic rings. The number of aromatic amines is 1. The predicted molar refractivity (Wildman–Crippen MR) is 104 cm³/mol. The molecule has 8 heteroatoms. The fourth-order valence-corrected chi connectivity index (χ4v) is 2.60. The smallest absolute Gasteiger partial charge is 0.292 e. The van der Waals surface area contributed by atoms with E-state index in [-0.39, 0.29) is 17.9 Å². The van der Waals surface area contributed by atoms with Gasteiger partial charge in [0.15, 0.2) is 5.69 Å². The number of rotatable bonds is 6. The lowest BCUT2D eigenvalue weighted by Crippen LogP contribution is -2.22. The molecule has 0 aliphatic heterocycles. The van der Waals surface area contributed by atoms with Crippen LogP contribution in [-0.4, -0.2) is 47.6 Å². The van der Waals surface area contributed by atoms with Crippen molar-refractivity contribution < 1.29 is 9.90 Å². The molecule has 1 amide bonds. The van der Waals surface area contributed by atoms with Crippen LogP contribution in [0.5, 0.6) is 0 Å². The topological polar surface area (TPSA) is 111 Å². The van der Waals surface area contributed by atoms with Crippen molar-refractivity contribution >= 4 is 28.6 Å². The highest BCUT2D eigenvalue weighted by molar-refractivity contribution is 6.04. The van der Waals surface area contributed by atoms with Gasteiger partial charge in [-0.15, -0.1) is 0 Å². The molecule has 3 N–H and O–H groups in total. The Kier molecular flexibility index (Phi) is 5.58. The summed E-state index contributed by atoms with van der Waals surface area (Å²) >= 11 is 0. The molecular formula is C19H19N5O3. The third-order valence-corrected chi connectivity index (χ3v) is 4.06. The zero-order chi connectivity index (χ0) is 19.2. The third kappa shape index (κ3) is 4.18. The maximum atomic E-state index is 12.3. The fraction of sp³-hybridized carbons (Fsp3) is 0.158. The SMILES string of the molecule is CN(CCO)c1ccc(/C=N\NC(=O)c2n[nH]c(=O)c3ccccc23)cc1. The molecule has 0 radical (unpaired) electrons. The summed E-state index contributed by atoms with van der Waals surface area (Å²) in [6.45, 7) is 0.628. The summed E-state index contributed by atoms with van der Waals surface area (Å²) in [5.41, 5.74) is 3.94. The maximum Gasteiger partial charge on any atom is 0.292 e. The number of hydrogen-bond acceptors (Lipinski definition) is 6. The largest absolute Gasteiger partial charge is 0.395 e. The molecule has 0 saturated carbocycles. The number of benzene rings is 2. The Labute approximate surface area is 155 Å². The first-order valence-electron chi connectivity index (χ1n) is 8.33. The van der Waals surface area contributed by atoms with E-state index in [0.29, 0.717) is 17.3 Å². The molecule has 0 bridgehead atoms. The fourth-order valence-electron chi connectivity index (χ4n) is 2.60. The van der Waals surface area contributed by atoms with Gasteiger partial charge in [-0.1, -0.05) is 30.3 Å². The van der Waals surface area contributed by atoms with E-state index in [1.54, 1.807) is 24.3 Å². The molecule has 1 heterocycles. The average molecular weight is 365 g/mol. The number of likely N-dealkylation sites (N-methyl/N-ethyl adjacent to an activating group) is 1. The molecule has 2 aromatic carbocycles. The van der Waals surface area contributed by atoms with E-state index in [2.05, 4.69) is 20.7 Å². The predicted octanol–water partition coefficient (Wildman–Crippen LogP) is 1.12. The number of aromatic nitrogens is 2. The molecule has 27 heavy (non-hydrogen) atoms. The second-order valence-corrected chi connectivity index (χ2v) is 5.88. The summed E-state index contributed by atoms with van der Waals surface area (Å²) in [4.78, 5) is 26.0. The highest BCUT2D eigenvalue weighted by Crippen LogP contribution is 2.13. The van der Waals surface area contributed by atoms with E-state index in [9.17, 15) is 9.59 Å². The summed E-state index contributed by atoms with van der Waals surface area (Å²) in [5, 5.41) is 19.9. The molecule has 0 saturated heterocycles. The van der Waals surface area contributed by atoms with Gasteiger partial charge in [0.05, 0.1) is 18.2 Å². The van der Waals surface area contributed by atoms with Crippen molar-refractivity contribution in [2.24, 2.45) is 5.10 Å². The number of hydrazone groups is 1. The lowest BCUT2D eigenvalue weighted by Gasteiger charge is -2.17. The van der Waals surface area contributed by atoms with Crippen LogP contribution in [-0.2, 0) is 0 Å². The summed E-state index contributed by atoms with van der Waals surface area (Å²) < 4.78 is 0. The number of hydrogen-bond donors (Lipinski definition) is 3. The molecule has 0 atom stereocenters. The summed E-state index contributed by atoms with van der Waals surface area (Å²) in [6, 6.07) is 14.3. The minimum Gasteiger partial charge on any atom is -0.395 e. The van der Waals surface area contributed by atoms with Crippen molar-refractivity contribution in [3.05, 3.63) is 70.1 Å². The van der Waals surface area contributed by atoms with Crippen molar-refractivity contribution in [1.82, 2.24) is 15.6 Å². The number of nitrogens with zero attached hydrogens (tertiary/aromatic N) is 3. The van der Waals surface area contributed by atoms with E-state index in [4.69, 9.17) is 5.11 Å². The Hall–Kier alpha value is -3.52. The second-order valence-electron chi connectivity index (χ2n) is 5.88. The summed E-state index contributed by atoms with van der Waals surface area (Å²) in [5.74, 6) is -0.516. The van der Waals surface area contributed by atoms with Gasteiger partial charge in [-0.3, -0.25) is 9.59 Å². The highest BCUT2D eigenvalue weighted by Gasteiger charge is 2.13. The maximum absolute atomic E-state index is 12.3. The van der Waals surface area contributed by atoms with Crippen LogP contribution in [0, 0.1) is 0 Å². The van der Waals surface area contributed by atoms with Gasteiger partial charge in [-0.05, 0) is 23.8 Å². The zero-order valence-corrected chi connectivity index (χ0v) is 14.7. The number of amides is 1. The molecule has 0 aliphatic carbocycles. The van der Waals surface area contributed by atoms with Crippen LogP contribution in [0.2, 0.25) is 0 Å². The molecular weight excluding hydrogens is 346 g/mol. The minimum atomic E-state index is -0.516. The monoisotopic (exact) mass is 365 g/mol. The Bertz CT molecular complexity index is 1030. The van der Waals surface area contributed by atoms with Crippen molar-refractivity contribution in [3.63, 3.8) is 0 Å². The van der Waals surface area contributed by atoms with Crippen molar-refractivity contribution in [2.45, 2.75) is 0 Å². The van der Waals surface area contributed by atoms with Gasteiger partial charge in [0.25, 0.3) is 11.5 Å². The molecule has 8 nitrogen and oxygen atoms in total. The number of fused-ring (bicyclic) bond motifs is 1. The van der Waals surface area contributed by atoms with E-state index < -0.39 is 5.91 Å². The standard InChI is InChI=1S/C19H19N5O3/c1-24(10-11-25)14-8-6-13(7-9-14)12-20-22-19(27)17-15-4-2-3-5-16(15)18(26)23-21-17/h2-9,12,25H,10-11H2,1H3,(H,22,27)(H,23,26)/b20-12-. The van der Waals surface area contributed by atoms with E-state index in [1.807, 2.05) is 36.2 Å². The Morgan fingerprint density at radius 3 is 2.63 bits per heavy atom. The number of carbonyl (C=O) groups excluding carboxylic acids is 1. The van der Waals surface area contributed by atoms with Crippen LogP contribution >= 0.6 is 0 Å². The zero-order valence-electron chi connectivity index (χ0n) is 14.7. The Morgan fingerprint density at radius 1 is 1.22 bits per heavy atom. The van der Waals surface area contributed by atoms with Gasteiger partial charge in [-0.2, -0.15) is 10.2 Å². The minimum absolute atomic E-state index is 0.0826. The third-order valence-electron chi connectivity index (χ3n) is 4.06. The lowest BCUT2D eigenvalue weighted by atomic mass is 10.1. The van der Waals surface area contributed by atoms with Crippen LogP contribution in [0.15, 0.2) is 58.4 Å². The van der Waals surface area contributed by atoms with Gasteiger partial charge < -0.3 is 10.0 Å². The highest BCUT2D eigenvalue weighted by atomic mass is 16.3.